The number of non-ortho nitro benzene ring substituents is 1. The van der Waals surface area contributed by atoms with Gasteiger partial charge in [0.25, 0.3) is 5.69 Å². The molecule has 21 heteroatoms. The fourth-order valence-corrected chi connectivity index (χ4v) is 10.2. The molecule has 3 aliphatic heterocycles. The van der Waals surface area contributed by atoms with Crippen molar-refractivity contribution in [1.82, 2.24) is 19.9 Å². The van der Waals surface area contributed by atoms with E-state index in [-0.39, 0.29) is 38.1 Å². The van der Waals surface area contributed by atoms with Gasteiger partial charge in [-0.05, 0) is 73.9 Å². The van der Waals surface area contributed by atoms with Crippen LogP contribution in [0.1, 0.15) is 101 Å². The molecule has 3 saturated heterocycles. The number of carbonyl (C=O) groups is 2. The molecule has 3 fully saturated rings. The van der Waals surface area contributed by atoms with Gasteiger partial charge in [-0.15, -0.1) is 5.10 Å². The van der Waals surface area contributed by atoms with Crippen LogP contribution in [-0.4, -0.2) is 167 Å². The minimum absolute atomic E-state index is 0.0434. The Morgan fingerprint density at radius 2 is 1.68 bits per heavy atom. The second-order valence-corrected chi connectivity index (χ2v) is 20.0. The first-order chi connectivity index (χ1) is 31.7. The molecule has 0 saturated carbocycles. The van der Waals surface area contributed by atoms with Crippen molar-refractivity contribution in [1.29, 1.82) is 0 Å². The van der Waals surface area contributed by atoms with E-state index in [2.05, 4.69) is 10.3 Å². The molecule has 1 aromatic carbocycles. The molecular formula is C47H75N5O16. The topological polar surface area (TPSA) is 277 Å². The van der Waals surface area contributed by atoms with Crippen molar-refractivity contribution in [3.63, 3.8) is 0 Å². The number of Topliss-reactive ketones (excluding diaryl/α,β-unsaturated/α-hetero) is 1. The molecular weight excluding hydrogens is 891 g/mol. The van der Waals surface area contributed by atoms with Crippen molar-refractivity contribution in [3.8, 4) is 5.75 Å². The van der Waals surface area contributed by atoms with Crippen LogP contribution in [-0.2, 0) is 51.1 Å². The van der Waals surface area contributed by atoms with Gasteiger partial charge >= 0.3 is 5.97 Å². The van der Waals surface area contributed by atoms with Crippen LogP contribution in [0, 0.1) is 33.8 Å². The molecule has 0 aliphatic carbocycles. The second-order valence-electron chi connectivity index (χ2n) is 20.0. The number of rotatable bonds is 14. The number of nitro groups is 1. The van der Waals surface area contributed by atoms with Crippen LogP contribution in [0.15, 0.2) is 30.5 Å². The molecule has 0 bridgehead atoms. The molecule has 1 aromatic heterocycles. The molecule has 0 unspecified atom stereocenters. The zero-order valence-corrected chi connectivity index (χ0v) is 41.5. The predicted molar refractivity (Wildman–Crippen MR) is 243 cm³/mol. The number of hydrogen-bond donors (Lipinski definition) is 5. The quantitative estimate of drug-likeness (QED) is 0.103. The Morgan fingerprint density at radius 3 is 2.32 bits per heavy atom. The number of ketones is 1. The van der Waals surface area contributed by atoms with Crippen LogP contribution in [0.25, 0.3) is 0 Å². The average molecular weight is 966 g/mol. The Kier molecular flexibility index (Phi) is 18.3. The van der Waals surface area contributed by atoms with E-state index in [4.69, 9.17) is 33.2 Å². The van der Waals surface area contributed by atoms with Gasteiger partial charge in [-0.1, -0.05) is 39.0 Å². The highest BCUT2D eigenvalue weighted by Crippen LogP contribution is 2.41. The molecule has 384 valence electrons. The van der Waals surface area contributed by atoms with Crippen LogP contribution in [0.5, 0.6) is 5.75 Å². The summed E-state index contributed by atoms with van der Waals surface area (Å²) in [5.74, 6) is -5.03. The maximum absolute atomic E-state index is 14.3. The highest BCUT2D eigenvalue weighted by Gasteiger charge is 2.53. The zero-order chi connectivity index (χ0) is 50.6. The summed E-state index contributed by atoms with van der Waals surface area (Å²) in [6.45, 7) is 16.8. The lowest BCUT2D eigenvalue weighted by Gasteiger charge is -2.49. The van der Waals surface area contributed by atoms with Crippen molar-refractivity contribution >= 4 is 17.4 Å². The van der Waals surface area contributed by atoms with Gasteiger partial charge < -0.3 is 58.7 Å². The number of aromatic nitrogens is 3. The summed E-state index contributed by atoms with van der Waals surface area (Å²) in [5.41, 5.74) is -4.56. The van der Waals surface area contributed by atoms with Gasteiger partial charge in [0.1, 0.15) is 42.1 Å². The number of carbonyl (C=O) groups excluding carboxylic acids is 2. The SMILES string of the molecule is CC[C@H]1OC(=O)[C@H](C)[C@@H](O[C@H]2C[C@@](C)(OC)[C@@H](O)[C@H](C)O2)[C@H](C)[C@@H](O[C@@H]2O[C@H](C)C[C@H](N(C)Cc3cn(CCOc4cccc([N+](=O)[O-])c4)nn3)[C@H]2O)[C@](C)(O)C[C@@H](C)C(=O)[C@H](C)[C@@H](O)[C@]1(C)O. The first-order valence-corrected chi connectivity index (χ1v) is 23.6. The number of methoxy groups -OCH3 is 1. The van der Waals surface area contributed by atoms with E-state index in [0.717, 1.165) is 0 Å². The number of nitrogens with zero attached hydrogens (tertiary/aromatic N) is 5. The van der Waals surface area contributed by atoms with Gasteiger partial charge in [0.2, 0.25) is 0 Å². The molecule has 5 rings (SSSR count). The molecule has 2 aromatic rings. The van der Waals surface area contributed by atoms with Crippen molar-refractivity contribution in [3.05, 3.63) is 46.3 Å². The summed E-state index contributed by atoms with van der Waals surface area (Å²) < 4.78 is 44.9. The fourth-order valence-electron chi connectivity index (χ4n) is 10.2. The Labute approximate surface area is 398 Å². The Bertz CT molecular complexity index is 2000. The Balaban J connectivity index is 1.43. The molecule has 0 radical (unpaired) electrons. The van der Waals surface area contributed by atoms with Crippen molar-refractivity contribution in [2.45, 2.75) is 192 Å². The smallest absolute Gasteiger partial charge is 0.311 e. The maximum Gasteiger partial charge on any atom is 0.311 e. The lowest BCUT2D eigenvalue weighted by atomic mass is 9.74. The molecule has 21 nitrogen and oxygen atoms in total. The van der Waals surface area contributed by atoms with Crippen molar-refractivity contribution in [2.75, 3.05) is 20.8 Å². The van der Waals surface area contributed by atoms with Crippen LogP contribution < -0.4 is 4.74 Å². The summed E-state index contributed by atoms with van der Waals surface area (Å²) in [6.07, 6.45) is -9.29. The van der Waals surface area contributed by atoms with E-state index in [1.54, 1.807) is 58.5 Å². The lowest BCUT2D eigenvalue weighted by Crippen LogP contribution is -2.61. The van der Waals surface area contributed by atoms with Gasteiger partial charge in [-0.3, -0.25) is 24.6 Å². The van der Waals surface area contributed by atoms with Gasteiger partial charge in [0.05, 0.1) is 70.9 Å². The molecule has 3 aliphatic rings. The monoisotopic (exact) mass is 966 g/mol. The van der Waals surface area contributed by atoms with Crippen molar-refractivity contribution in [2.24, 2.45) is 23.7 Å². The van der Waals surface area contributed by atoms with Gasteiger partial charge in [-0.25, -0.2) is 4.68 Å². The number of cyclic esters (lactones) is 1. The van der Waals surface area contributed by atoms with E-state index >= 15 is 0 Å². The summed E-state index contributed by atoms with van der Waals surface area (Å²) in [5, 5.41) is 78.7. The Morgan fingerprint density at radius 1 is 0.985 bits per heavy atom. The third-order valence-corrected chi connectivity index (χ3v) is 14.3. The van der Waals surface area contributed by atoms with E-state index in [9.17, 15) is 45.2 Å². The number of ether oxygens (including phenoxy) is 7. The van der Waals surface area contributed by atoms with E-state index in [1.807, 2.05) is 18.9 Å². The first-order valence-electron chi connectivity index (χ1n) is 23.6. The molecule has 18 atom stereocenters. The summed E-state index contributed by atoms with van der Waals surface area (Å²) in [7, 11) is 3.27. The zero-order valence-electron chi connectivity index (χ0n) is 41.5. The summed E-state index contributed by atoms with van der Waals surface area (Å²) >= 11 is 0. The first kappa shape index (κ1) is 55.2. The van der Waals surface area contributed by atoms with E-state index in [1.165, 1.54) is 46.1 Å². The predicted octanol–water partition coefficient (Wildman–Crippen LogP) is 2.93. The minimum atomic E-state index is -2.05. The van der Waals surface area contributed by atoms with Crippen LogP contribution >= 0.6 is 0 Å². The third-order valence-electron chi connectivity index (χ3n) is 14.3. The number of hydrogen-bond acceptors (Lipinski definition) is 19. The van der Waals surface area contributed by atoms with Gasteiger partial charge in [-0.2, -0.15) is 0 Å². The normalized spacial score (nSPS) is 40.1. The molecule has 68 heavy (non-hydrogen) atoms. The number of benzene rings is 1. The van der Waals surface area contributed by atoms with Crippen LogP contribution in [0.3, 0.4) is 0 Å². The van der Waals surface area contributed by atoms with Crippen LogP contribution in [0.4, 0.5) is 5.69 Å². The van der Waals surface area contributed by atoms with Crippen molar-refractivity contribution < 1.29 is 73.2 Å². The third kappa shape index (κ3) is 12.6. The summed E-state index contributed by atoms with van der Waals surface area (Å²) in [4.78, 5) is 40.9. The number of esters is 1. The molecule has 0 amide bonds. The molecule has 5 N–H and O–H groups in total. The van der Waals surface area contributed by atoms with Crippen LogP contribution in [0.2, 0.25) is 0 Å². The average Bonchev–Trinajstić information content (AvgIpc) is 3.73. The van der Waals surface area contributed by atoms with E-state index < -0.39 is 125 Å². The molecule has 0 spiro atoms. The lowest BCUT2D eigenvalue weighted by molar-refractivity contribution is -0.384. The molecule has 4 heterocycles. The highest BCUT2D eigenvalue weighted by molar-refractivity contribution is 5.83. The second kappa shape index (κ2) is 22.6. The number of aliphatic hydroxyl groups is 5. The minimum Gasteiger partial charge on any atom is -0.491 e. The summed E-state index contributed by atoms with van der Waals surface area (Å²) in [6, 6.07) is 5.32. The standard InChI is InChI=1S/C47H75N5O16/c1-13-35-47(10,59)40(55)27(4)37(53)25(2)21-45(8,58)42(28(5)39(29(6)43(57)66-35)67-36-22-46(9,62-12)41(56)30(7)65-36)68-44-38(54)34(19-26(3)64-44)50(11)23-31-24-51(49-48-31)17-18-63-33-16-14-15-32(20-33)52(60)61/h14-16,20,24-30,34-36,38-42,44,54-56,58-59H,13,17-19,21-23H2,1-12H3/t25-,26-,27+,28+,29-,30+,34+,35-,36+,38-,39+,40-,41+,42-,44+,45-,46-,47-/m1/s1. The highest BCUT2D eigenvalue weighted by atomic mass is 16.7. The van der Waals surface area contributed by atoms with Gasteiger partial charge in [0, 0.05) is 56.1 Å². The van der Waals surface area contributed by atoms with Gasteiger partial charge in [0.15, 0.2) is 12.6 Å². The van der Waals surface area contributed by atoms with E-state index in [0.29, 0.717) is 24.4 Å². The Hall–Kier alpha value is -3.74. The number of likely N-dealkylation sites (N-methyl/N-ethyl adjacent to an activating group) is 1. The fraction of sp³-hybridized carbons (Fsp3) is 0.787. The number of aliphatic hydroxyl groups excluding tert-OH is 3. The maximum atomic E-state index is 14.3. The largest absolute Gasteiger partial charge is 0.491 e. The number of nitro benzene ring substituents is 1.